The Morgan fingerprint density at radius 1 is 1.24 bits per heavy atom. The Morgan fingerprint density at radius 3 is 2.52 bits per heavy atom. The molecular formula is C14H10N2O2S3. The summed E-state index contributed by atoms with van der Waals surface area (Å²) < 4.78 is 4.79. The fraction of sp³-hybridized carbons (Fsp3) is 0.143. The quantitative estimate of drug-likeness (QED) is 0.575. The van der Waals surface area contributed by atoms with Gasteiger partial charge in [0.1, 0.15) is 11.6 Å². The van der Waals surface area contributed by atoms with Gasteiger partial charge in [-0.1, -0.05) is 0 Å². The molecule has 0 aliphatic rings. The number of thiophene rings is 3. The highest BCUT2D eigenvalue weighted by molar-refractivity contribution is 7.39. The van der Waals surface area contributed by atoms with Crippen molar-refractivity contribution >= 4 is 69.9 Å². The molecule has 3 aromatic heterocycles. The van der Waals surface area contributed by atoms with Crippen LogP contribution < -0.4 is 4.90 Å². The Labute approximate surface area is 132 Å². The molecule has 0 saturated heterocycles. The van der Waals surface area contributed by atoms with Gasteiger partial charge in [0.2, 0.25) is 0 Å². The number of carbonyl (C=O) groups is 1. The average molecular weight is 334 g/mol. The van der Waals surface area contributed by atoms with Gasteiger partial charge in [-0.25, -0.2) is 4.79 Å². The van der Waals surface area contributed by atoms with Gasteiger partial charge in [0.05, 0.1) is 14.4 Å². The Hall–Kier alpha value is -1.88. The van der Waals surface area contributed by atoms with Crippen LogP contribution in [-0.2, 0) is 4.79 Å². The second-order valence-corrected chi connectivity index (χ2v) is 7.79. The maximum absolute atomic E-state index is 10.9. The van der Waals surface area contributed by atoms with Crippen molar-refractivity contribution in [1.29, 1.82) is 5.26 Å². The van der Waals surface area contributed by atoms with Crippen LogP contribution >= 0.6 is 34.0 Å². The van der Waals surface area contributed by atoms with Crippen molar-refractivity contribution in [3.8, 4) is 6.07 Å². The lowest BCUT2D eigenvalue weighted by atomic mass is 10.2. The molecular weight excluding hydrogens is 324 g/mol. The number of fused-ring (bicyclic) bond motifs is 3. The molecule has 21 heavy (non-hydrogen) atoms. The number of carboxylic acid groups (broad SMARTS) is 1. The largest absolute Gasteiger partial charge is 0.477 e. The lowest BCUT2D eigenvalue weighted by Gasteiger charge is -2.06. The second-order valence-electron chi connectivity index (χ2n) is 4.59. The van der Waals surface area contributed by atoms with E-state index < -0.39 is 5.97 Å². The fourth-order valence-corrected chi connectivity index (χ4v) is 5.81. The Morgan fingerprint density at radius 2 is 1.90 bits per heavy atom. The SMILES string of the molecule is CN(C)c1cc2sc3cc(/C=C(\C#N)C(=O)O)sc3c2s1. The molecule has 4 nitrogen and oxygen atoms in total. The summed E-state index contributed by atoms with van der Waals surface area (Å²) in [7, 11) is 4.03. The first kappa shape index (κ1) is 14.1. The predicted molar refractivity (Wildman–Crippen MR) is 90.6 cm³/mol. The topological polar surface area (TPSA) is 64.3 Å². The number of nitriles is 1. The molecule has 7 heteroatoms. The minimum Gasteiger partial charge on any atom is -0.477 e. The number of hydrogen-bond acceptors (Lipinski definition) is 6. The van der Waals surface area contributed by atoms with Gasteiger partial charge in [-0.2, -0.15) is 5.26 Å². The number of hydrogen-bond donors (Lipinski definition) is 1. The fourth-order valence-electron chi connectivity index (χ4n) is 1.92. The van der Waals surface area contributed by atoms with Crippen LogP contribution in [0.3, 0.4) is 0 Å². The first-order valence-electron chi connectivity index (χ1n) is 5.98. The molecule has 0 aromatic carbocycles. The van der Waals surface area contributed by atoms with Gasteiger partial charge < -0.3 is 10.0 Å². The number of nitrogens with zero attached hydrogens (tertiary/aromatic N) is 2. The summed E-state index contributed by atoms with van der Waals surface area (Å²) >= 11 is 4.96. The number of carboxylic acids is 1. The summed E-state index contributed by atoms with van der Waals surface area (Å²) in [5, 5.41) is 18.9. The van der Waals surface area contributed by atoms with Gasteiger partial charge in [-0.3, -0.25) is 0 Å². The van der Waals surface area contributed by atoms with Gasteiger partial charge in [0.25, 0.3) is 0 Å². The van der Waals surface area contributed by atoms with Crippen LogP contribution in [0.4, 0.5) is 5.00 Å². The average Bonchev–Trinajstić information content (AvgIpc) is 3.04. The first-order chi connectivity index (χ1) is 9.99. The summed E-state index contributed by atoms with van der Waals surface area (Å²) in [5.41, 5.74) is -0.236. The highest BCUT2D eigenvalue weighted by Gasteiger charge is 2.14. The standard InChI is InChI=1S/C14H10N2O2S3/c1-16(2)11-5-10-13(21-11)12-9(20-10)4-8(19-12)3-7(6-15)14(17)18/h3-5H,1-2H3,(H,17,18)/b7-3+. The first-order valence-corrected chi connectivity index (χ1v) is 8.43. The summed E-state index contributed by atoms with van der Waals surface area (Å²) in [6.07, 6.45) is 1.44. The minimum absolute atomic E-state index is 0.236. The molecule has 0 radical (unpaired) electrons. The van der Waals surface area contributed by atoms with Crippen LogP contribution in [-0.4, -0.2) is 25.2 Å². The summed E-state index contributed by atoms with van der Waals surface area (Å²) in [5.74, 6) is -1.19. The third-order valence-electron chi connectivity index (χ3n) is 2.91. The van der Waals surface area contributed by atoms with Crippen LogP contribution in [0.15, 0.2) is 17.7 Å². The monoisotopic (exact) mass is 334 g/mol. The molecule has 0 saturated carbocycles. The maximum atomic E-state index is 10.9. The molecule has 0 aliphatic carbocycles. The van der Waals surface area contributed by atoms with Crippen LogP contribution in [0.2, 0.25) is 0 Å². The van der Waals surface area contributed by atoms with Gasteiger partial charge in [0.15, 0.2) is 0 Å². The third kappa shape index (κ3) is 2.42. The van der Waals surface area contributed by atoms with Crippen molar-refractivity contribution in [2.45, 2.75) is 0 Å². The highest BCUT2D eigenvalue weighted by Crippen LogP contribution is 2.46. The van der Waals surface area contributed by atoms with E-state index in [4.69, 9.17) is 10.4 Å². The van der Waals surface area contributed by atoms with Gasteiger partial charge in [-0.15, -0.1) is 34.0 Å². The number of anilines is 1. The van der Waals surface area contributed by atoms with E-state index >= 15 is 0 Å². The minimum atomic E-state index is -1.19. The highest BCUT2D eigenvalue weighted by atomic mass is 32.1. The molecule has 0 spiro atoms. The van der Waals surface area contributed by atoms with E-state index in [-0.39, 0.29) is 5.57 Å². The smallest absolute Gasteiger partial charge is 0.346 e. The Bertz CT molecular complexity index is 921. The predicted octanol–water partition coefficient (Wildman–Crippen LogP) is 4.24. The van der Waals surface area contributed by atoms with Gasteiger partial charge in [-0.05, 0) is 18.2 Å². The van der Waals surface area contributed by atoms with E-state index in [9.17, 15) is 4.79 Å². The molecule has 3 rings (SSSR count). The molecule has 1 N–H and O–H groups in total. The zero-order valence-electron chi connectivity index (χ0n) is 11.2. The van der Waals surface area contributed by atoms with Crippen LogP contribution in [0.25, 0.3) is 24.9 Å². The van der Waals surface area contributed by atoms with E-state index in [2.05, 4.69) is 11.0 Å². The van der Waals surface area contributed by atoms with E-state index in [1.807, 2.05) is 20.2 Å². The Kier molecular flexibility index (Phi) is 3.45. The van der Waals surface area contributed by atoms with Crippen molar-refractivity contribution in [2.75, 3.05) is 19.0 Å². The molecule has 0 unspecified atom stereocenters. The molecule has 3 heterocycles. The van der Waals surface area contributed by atoms with Crippen LogP contribution in [0.5, 0.6) is 0 Å². The maximum Gasteiger partial charge on any atom is 0.346 e. The van der Waals surface area contributed by atoms with E-state index in [0.717, 1.165) is 9.58 Å². The zero-order valence-corrected chi connectivity index (χ0v) is 13.7. The third-order valence-corrected chi connectivity index (χ3v) is 6.80. The van der Waals surface area contributed by atoms with Crippen molar-refractivity contribution < 1.29 is 9.90 Å². The Balaban J connectivity index is 2.12. The van der Waals surface area contributed by atoms with E-state index in [0.29, 0.717) is 0 Å². The van der Waals surface area contributed by atoms with Crippen molar-refractivity contribution in [3.63, 3.8) is 0 Å². The lowest BCUT2D eigenvalue weighted by molar-refractivity contribution is -0.132. The van der Waals surface area contributed by atoms with Crippen molar-refractivity contribution in [2.24, 2.45) is 0 Å². The molecule has 0 bridgehead atoms. The summed E-state index contributed by atoms with van der Waals surface area (Å²) in [4.78, 5) is 13.8. The van der Waals surface area contributed by atoms with Crippen LogP contribution in [0.1, 0.15) is 4.88 Å². The normalized spacial score (nSPS) is 12.0. The molecule has 0 fully saturated rings. The summed E-state index contributed by atoms with van der Waals surface area (Å²) in [6, 6.07) is 5.83. The lowest BCUT2D eigenvalue weighted by Crippen LogP contribution is -2.05. The van der Waals surface area contributed by atoms with Gasteiger partial charge >= 0.3 is 5.97 Å². The molecule has 0 amide bonds. The zero-order chi connectivity index (χ0) is 15.1. The van der Waals surface area contributed by atoms with Crippen molar-refractivity contribution in [1.82, 2.24) is 0 Å². The number of rotatable bonds is 3. The van der Waals surface area contributed by atoms with E-state index in [1.165, 1.54) is 36.5 Å². The van der Waals surface area contributed by atoms with Gasteiger partial charge in [0, 0.05) is 28.4 Å². The molecule has 0 aliphatic heterocycles. The van der Waals surface area contributed by atoms with Crippen LogP contribution in [0, 0.1) is 11.3 Å². The molecule has 3 aromatic rings. The molecule has 106 valence electrons. The van der Waals surface area contributed by atoms with Crippen molar-refractivity contribution in [3.05, 3.63) is 22.6 Å². The molecule has 0 atom stereocenters. The summed E-state index contributed by atoms with van der Waals surface area (Å²) in [6.45, 7) is 0. The second kappa shape index (κ2) is 5.15. The number of aliphatic carboxylic acids is 1. The van der Waals surface area contributed by atoms with E-state index in [1.54, 1.807) is 28.7 Å².